The number of benzene rings is 2. The van der Waals surface area contributed by atoms with Crippen molar-refractivity contribution in [3.05, 3.63) is 53.1 Å². The fourth-order valence-electron chi connectivity index (χ4n) is 2.61. The van der Waals surface area contributed by atoms with Crippen LogP contribution in [-0.4, -0.2) is 33.6 Å². The molecule has 1 fully saturated rings. The molecule has 2 heterocycles. The number of hydrogen-bond acceptors (Lipinski definition) is 6. The zero-order valence-electron chi connectivity index (χ0n) is 13.1. The highest BCUT2D eigenvalue weighted by molar-refractivity contribution is 8.15. The van der Waals surface area contributed by atoms with E-state index in [9.17, 15) is 14.7 Å². The van der Waals surface area contributed by atoms with Crippen LogP contribution in [0.3, 0.4) is 0 Å². The van der Waals surface area contributed by atoms with Crippen molar-refractivity contribution in [1.29, 1.82) is 0 Å². The molecule has 1 saturated heterocycles. The third kappa shape index (κ3) is 2.93. The number of phenolic OH excluding ortho intramolecular Hbond substituents is 1. The number of phenols is 1. The van der Waals surface area contributed by atoms with Crippen LogP contribution in [0.2, 0.25) is 5.02 Å². The second-order valence-electron chi connectivity index (χ2n) is 5.51. The van der Waals surface area contributed by atoms with Crippen molar-refractivity contribution < 1.29 is 14.7 Å². The minimum absolute atomic E-state index is 0.0999. The minimum atomic E-state index is -0.378. The van der Waals surface area contributed by atoms with E-state index >= 15 is 0 Å². The lowest BCUT2D eigenvalue weighted by atomic mass is 10.1. The van der Waals surface area contributed by atoms with E-state index in [0.29, 0.717) is 27.1 Å². The number of amides is 2. The van der Waals surface area contributed by atoms with Gasteiger partial charge in [-0.3, -0.25) is 14.5 Å². The SMILES string of the molecule is O=C1Nc2ccc(Cl)cc2/C1=N/N=C1/SCC(=O)N1c1ccc(O)cc1. The number of nitrogens with one attached hydrogen (secondary N) is 1. The van der Waals surface area contributed by atoms with E-state index in [1.807, 2.05) is 0 Å². The Morgan fingerprint density at radius 1 is 1.12 bits per heavy atom. The second kappa shape index (κ2) is 6.47. The van der Waals surface area contributed by atoms with Crippen molar-refractivity contribution in [2.45, 2.75) is 0 Å². The molecule has 0 unspecified atom stereocenters. The van der Waals surface area contributed by atoms with Gasteiger partial charge in [-0.25, -0.2) is 0 Å². The third-order valence-electron chi connectivity index (χ3n) is 3.81. The van der Waals surface area contributed by atoms with E-state index in [4.69, 9.17) is 11.6 Å². The molecule has 0 radical (unpaired) electrons. The number of fused-ring (bicyclic) bond motifs is 1. The Morgan fingerprint density at radius 2 is 1.88 bits per heavy atom. The molecular weight excluding hydrogens is 376 g/mol. The summed E-state index contributed by atoms with van der Waals surface area (Å²) in [5.41, 5.74) is 1.89. The fraction of sp³-hybridized carbons (Fsp3) is 0.0588. The number of thioether (sulfide) groups is 1. The standard InChI is InChI=1S/C17H11ClN4O3S/c18-9-1-6-13-12(7-9)15(16(25)19-13)20-21-17-22(14(24)8-26-17)10-2-4-11(23)5-3-10/h1-7,23H,8H2,(H,19,20,25)/b21-17+. The predicted octanol–water partition coefficient (Wildman–Crippen LogP) is 2.84. The maximum atomic E-state index is 12.2. The monoisotopic (exact) mass is 386 g/mol. The zero-order valence-corrected chi connectivity index (χ0v) is 14.7. The molecule has 2 aliphatic heterocycles. The lowest BCUT2D eigenvalue weighted by Gasteiger charge is -2.15. The van der Waals surface area contributed by atoms with Gasteiger partial charge in [-0.05, 0) is 42.5 Å². The van der Waals surface area contributed by atoms with Crippen LogP contribution in [0, 0.1) is 0 Å². The fourth-order valence-corrected chi connectivity index (χ4v) is 3.60. The van der Waals surface area contributed by atoms with E-state index in [0.717, 1.165) is 0 Å². The molecule has 0 spiro atoms. The number of rotatable bonds is 2. The van der Waals surface area contributed by atoms with E-state index in [1.54, 1.807) is 30.3 Å². The summed E-state index contributed by atoms with van der Waals surface area (Å²) in [6.07, 6.45) is 0. The summed E-state index contributed by atoms with van der Waals surface area (Å²) in [5.74, 6) is -0.210. The molecule has 9 heteroatoms. The molecule has 7 nitrogen and oxygen atoms in total. The Hall–Kier alpha value is -2.84. The average molecular weight is 387 g/mol. The molecule has 26 heavy (non-hydrogen) atoms. The van der Waals surface area contributed by atoms with Crippen LogP contribution in [0.25, 0.3) is 0 Å². The smallest absolute Gasteiger partial charge is 0.276 e. The number of amidine groups is 1. The molecule has 130 valence electrons. The van der Waals surface area contributed by atoms with Gasteiger partial charge in [-0.2, -0.15) is 0 Å². The molecule has 0 atom stereocenters. The van der Waals surface area contributed by atoms with E-state index in [1.165, 1.54) is 28.8 Å². The first-order valence-corrected chi connectivity index (χ1v) is 8.91. The first kappa shape index (κ1) is 16.6. The Kier molecular flexibility index (Phi) is 4.14. The predicted molar refractivity (Wildman–Crippen MR) is 102 cm³/mol. The van der Waals surface area contributed by atoms with Gasteiger partial charge in [0, 0.05) is 10.6 Å². The normalized spacial score (nSPS) is 19.3. The highest BCUT2D eigenvalue weighted by atomic mass is 35.5. The molecule has 0 bridgehead atoms. The van der Waals surface area contributed by atoms with Gasteiger partial charge < -0.3 is 10.4 Å². The third-order valence-corrected chi connectivity index (χ3v) is 4.96. The Bertz CT molecular complexity index is 988. The van der Waals surface area contributed by atoms with Crippen LogP contribution in [0.1, 0.15) is 5.56 Å². The molecule has 2 aromatic rings. The number of carbonyl (C=O) groups excluding carboxylic acids is 2. The van der Waals surface area contributed by atoms with Crippen molar-refractivity contribution >= 4 is 57.4 Å². The van der Waals surface area contributed by atoms with E-state index in [2.05, 4.69) is 15.5 Å². The lowest BCUT2D eigenvalue weighted by Crippen LogP contribution is -2.29. The van der Waals surface area contributed by atoms with Gasteiger partial charge in [0.15, 0.2) is 10.9 Å². The molecule has 2 aromatic carbocycles. The largest absolute Gasteiger partial charge is 0.508 e. The summed E-state index contributed by atoms with van der Waals surface area (Å²) in [6.45, 7) is 0. The van der Waals surface area contributed by atoms with Crippen LogP contribution in [0.15, 0.2) is 52.7 Å². The van der Waals surface area contributed by atoms with Crippen LogP contribution in [-0.2, 0) is 9.59 Å². The van der Waals surface area contributed by atoms with Crippen molar-refractivity contribution in [2.75, 3.05) is 16.0 Å². The Labute approximate surface area is 157 Å². The van der Waals surface area contributed by atoms with E-state index < -0.39 is 0 Å². The summed E-state index contributed by atoms with van der Waals surface area (Å²) in [4.78, 5) is 25.7. The number of halogens is 1. The number of hydrogen-bond donors (Lipinski definition) is 2. The quantitative estimate of drug-likeness (QED) is 0.776. The lowest BCUT2D eigenvalue weighted by molar-refractivity contribution is -0.115. The summed E-state index contributed by atoms with van der Waals surface area (Å²) in [6, 6.07) is 11.2. The molecule has 0 aliphatic carbocycles. The minimum Gasteiger partial charge on any atom is -0.508 e. The number of nitrogens with zero attached hydrogens (tertiary/aromatic N) is 3. The highest BCUT2D eigenvalue weighted by Crippen LogP contribution is 2.29. The summed E-state index contributed by atoms with van der Waals surface area (Å²) >= 11 is 7.22. The van der Waals surface area contributed by atoms with Gasteiger partial charge in [0.25, 0.3) is 5.91 Å². The molecular formula is C17H11ClN4O3S. The van der Waals surface area contributed by atoms with Crippen molar-refractivity contribution in [3.63, 3.8) is 0 Å². The summed E-state index contributed by atoms with van der Waals surface area (Å²) in [5, 5.41) is 21.1. The Morgan fingerprint density at radius 3 is 2.65 bits per heavy atom. The zero-order chi connectivity index (χ0) is 18.3. The van der Waals surface area contributed by atoms with Crippen molar-refractivity contribution in [2.24, 2.45) is 10.2 Å². The van der Waals surface area contributed by atoms with Gasteiger partial charge >= 0.3 is 0 Å². The number of anilines is 2. The molecule has 2 amide bonds. The van der Waals surface area contributed by atoms with Gasteiger partial charge in [0.2, 0.25) is 5.91 Å². The maximum Gasteiger partial charge on any atom is 0.276 e. The van der Waals surface area contributed by atoms with Crippen LogP contribution >= 0.6 is 23.4 Å². The van der Waals surface area contributed by atoms with Gasteiger partial charge in [0.05, 0.1) is 17.1 Å². The summed E-state index contributed by atoms with van der Waals surface area (Å²) < 4.78 is 0. The summed E-state index contributed by atoms with van der Waals surface area (Å²) in [7, 11) is 0. The molecule has 4 rings (SSSR count). The van der Waals surface area contributed by atoms with Crippen molar-refractivity contribution in [1.82, 2.24) is 0 Å². The topological polar surface area (TPSA) is 94.4 Å². The maximum absolute atomic E-state index is 12.2. The van der Waals surface area contributed by atoms with E-state index in [-0.39, 0.29) is 29.0 Å². The first-order chi connectivity index (χ1) is 12.5. The van der Waals surface area contributed by atoms with Crippen LogP contribution < -0.4 is 10.2 Å². The highest BCUT2D eigenvalue weighted by Gasteiger charge is 2.31. The molecule has 0 saturated carbocycles. The number of aromatic hydroxyl groups is 1. The average Bonchev–Trinajstić information content (AvgIpc) is 3.13. The Balaban J connectivity index is 1.71. The van der Waals surface area contributed by atoms with Crippen LogP contribution in [0.4, 0.5) is 11.4 Å². The molecule has 0 aromatic heterocycles. The molecule has 2 aliphatic rings. The number of carbonyl (C=O) groups is 2. The van der Waals surface area contributed by atoms with Crippen molar-refractivity contribution in [3.8, 4) is 5.75 Å². The van der Waals surface area contributed by atoms with Gasteiger partial charge in [0.1, 0.15) is 5.75 Å². The van der Waals surface area contributed by atoms with Gasteiger partial charge in [-0.15, -0.1) is 10.2 Å². The second-order valence-corrected chi connectivity index (χ2v) is 6.89. The first-order valence-electron chi connectivity index (χ1n) is 7.54. The van der Waals surface area contributed by atoms with Crippen LogP contribution in [0.5, 0.6) is 5.75 Å². The van der Waals surface area contributed by atoms with Gasteiger partial charge in [-0.1, -0.05) is 23.4 Å². The molecule has 2 N–H and O–H groups in total.